The zero-order valence-electron chi connectivity index (χ0n) is 10.7. The van der Waals surface area contributed by atoms with Crippen molar-refractivity contribution >= 4 is 17.5 Å². The van der Waals surface area contributed by atoms with Crippen LogP contribution in [0.5, 0.6) is 0 Å². The summed E-state index contributed by atoms with van der Waals surface area (Å²) >= 11 is 0. The number of amides is 2. The van der Waals surface area contributed by atoms with Crippen LogP contribution in [0.25, 0.3) is 0 Å². The van der Waals surface area contributed by atoms with E-state index in [-0.39, 0.29) is 18.2 Å². The van der Waals surface area contributed by atoms with Crippen LogP contribution in [0.3, 0.4) is 0 Å². The van der Waals surface area contributed by atoms with Crippen LogP contribution in [-0.2, 0) is 14.3 Å². The fourth-order valence-corrected chi connectivity index (χ4v) is 1.41. The number of nitrogens with zero attached hydrogens (tertiary/aromatic N) is 1. The number of hydrogen-bond donors (Lipinski definition) is 1. The minimum absolute atomic E-state index is 0.158. The zero-order chi connectivity index (χ0) is 13.4. The predicted molar refractivity (Wildman–Crippen MR) is 69.4 cm³/mol. The maximum Gasteiger partial charge on any atom is 0.236 e. The molecule has 0 fully saturated rings. The van der Waals surface area contributed by atoms with Gasteiger partial charge < -0.3 is 15.0 Å². The first-order chi connectivity index (χ1) is 8.65. The molecule has 0 spiro atoms. The standard InChI is InChI=1S/C13H18N2O3/c1-15(11-6-4-3-5-7-11)13(17)10-12(16)14-8-9-18-2/h3-7H,8-10H2,1-2H3,(H,14,16). The summed E-state index contributed by atoms with van der Waals surface area (Å²) in [5, 5.41) is 2.61. The van der Waals surface area contributed by atoms with Crippen molar-refractivity contribution in [3.8, 4) is 0 Å². The average Bonchev–Trinajstić information content (AvgIpc) is 2.39. The quantitative estimate of drug-likeness (QED) is 0.600. The van der Waals surface area contributed by atoms with E-state index in [1.807, 2.05) is 30.3 Å². The molecule has 2 amide bonds. The van der Waals surface area contributed by atoms with Crippen molar-refractivity contribution in [2.45, 2.75) is 6.42 Å². The van der Waals surface area contributed by atoms with Crippen molar-refractivity contribution in [3.63, 3.8) is 0 Å². The lowest BCUT2D eigenvalue weighted by Gasteiger charge is -2.16. The van der Waals surface area contributed by atoms with Crippen LogP contribution in [0.2, 0.25) is 0 Å². The van der Waals surface area contributed by atoms with Gasteiger partial charge >= 0.3 is 0 Å². The molecule has 5 heteroatoms. The Morgan fingerprint density at radius 3 is 2.56 bits per heavy atom. The topological polar surface area (TPSA) is 58.6 Å². The molecule has 0 aliphatic carbocycles. The Balaban J connectivity index is 2.43. The third kappa shape index (κ3) is 4.55. The number of rotatable bonds is 6. The van der Waals surface area contributed by atoms with Crippen LogP contribution in [0.15, 0.2) is 30.3 Å². The number of hydrogen-bond acceptors (Lipinski definition) is 3. The van der Waals surface area contributed by atoms with Gasteiger partial charge in [-0.2, -0.15) is 0 Å². The van der Waals surface area contributed by atoms with E-state index in [1.54, 1.807) is 14.2 Å². The number of carbonyl (C=O) groups excluding carboxylic acids is 2. The van der Waals surface area contributed by atoms with Gasteiger partial charge in [0.05, 0.1) is 6.61 Å². The SMILES string of the molecule is COCCNC(=O)CC(=O)N(C)c1ccccc1. The van der Waals surface area contributed by atoms with Gasteiger partial charge in [0.2, 0.25) is 11.8 Å². The molecule has 0 radical (unpaired) electrons. The summed E-state index contributed by atoms with van der Waals surface area (Å²) in [6.45, 7) is 0.853. The number of para-hydroxylation sites is 1. The molecular formula is C13H18N2O3. The molecule has 0 aromatic heterocycles. The van der Waals surface area contributed by atoms with E-state index in [0.29, 0.717) is 13.2 Å². The lowest BCUT2D eigenvalue weighted by Crippen LogP contribution is -2.34. The van der Waals surface area contributed by atoms with Gasteiger partial charge in [-0.05, 0) is 12.1 Å². The summed E-state index contributed by atoms with van der Waals surface area (Å²) in [6.07, 6.45) is -0.158. The van der Waals surface area contributed by atoms with Crippen LogP contribution >= 0.6 is 0 Å². The number of nitrogens with one attached hydrogen (secondary N) is 1. The molecule has 0 unspecified atom stereocenters. The summed E-state index contributed by atoms with van der Waals surface area (Å²) in [5.41, 5.74) is 0.771. The lowest BCUT2D eigenvalue weighted by molar-refractivity contribution is -0.127. The summed E-state index contributed by atoms with van der Waals surface area (Å²) in [4.78, 5) is 24.7. The number of ether oxygens (including phenoxy) is 1. The summed E-state index contributed by atoms with van der Waals surface area (Å²) in [5.74, 6) is -0.532. The van der Waals surface area contributed by atoms with Gasteiger partial charge in [0.15, 0.2) is 0 Å². The Labute approximate surface area is 107 Å². The molecule has 0 atom stereocenters. The van der Waals surface area contributed by atoms with Crippen LogP contribution in [0.1, 0.15) is 6.42 Å². The van der Waals surface area contributed by atoms with Crippen molar-refractivity contribution in [2.75, 3.05) is 32.2 Å². The summed E-state index contributed by atoms with van der Waals surface area (Å²) in [7, 11) is 3.21. The maximum absolute atomic E-state index is 11.8. The van der Waals surface area contributed by atoms with Crippen LogP contribution in [-0.4, -0.2) is 39.1 Å². The summed E-state index contributed by atoms with van der Waals surface area (Å²) < 4.78 is 4.80. The number of methoxy groups -OCH3 is 1. The van der Waals surface area contributed by atoms with Crippen LogP contribution < -0.4 is 10.2 Å². The highest BCUT2D eigenvalue weighted by molar-refractivity contribution is 6.04. The Bertz CT molecular complexity index is 392. The molecular weight excluding hydrogens is 232 g/mol. The molecule has 0 aliphatic rings. The Hall–Kier alpha value is -1.88. The molecule has 1 aromatic rings. The minimum Gasteiger partial charge on any atom is -0.383 e. The molecule has 0 bridgehead atoms. The van der Waals surface area contributed by atoms with Gasteiger partial charge in [-0.3, -0.25) is 9.59 Å². The molecule has 0 saturated heterocycles. The minimum atomic E-state index is -0.292. The van der Waals surface area contributed by atoms with E-state index in [2.05, 4.69) is 5.32 Å². The number of anilines is 1. The van der Waals surface area contributed by atoms with Gasteiger partial charge in [-0.25, -0.2) is 0 Å². The van der Waals surface area contributed by atoms with E-state index in [1.165, 1.54) is 4.90 Å². The molecule has 18 heavy (non-hydrogen) atoms. The third-order valence-electron chi connectivity index (χ3n) is 2.46. The van der Waals surface area contributed by atoms with Gasteiger partial charge in [0.25, 0.3) is 0 Å². The Morgan fingerprint density at radius 2 is 1.94 bits per heavy atom. The maximum atomic E-state index is 11.8. The van der Waals surface area contributed by atoms with Gasteiger partial charge in [0.1, 0.15) is 6.42 Å². The van der Waals surface area contributed by atoms with E-state index < -0.39 is 0 Å². The zero-order valence-corrected chi connectivity index (χ0v) is 10.7. The fraction of sp³-hybridized carbons (Fsp3) is 0.385. The molecule has 1 aromatic carbocycles. The highest BCUT2D eigenvalue weighted by Gasteiger charge is 2.14. The molecule has 0 heterocycles. The Morgan fingerprint density at radius 1 is 1.28 bits per heavy atom. The normalized spacial score (nSPS) is 9.89. The first-order valence-electron chi connectivity index (χ1n) is 5.72. The van der Waals surface area contributed by atoms with E-state index in [4.69, 9.17) is 4.74 Å². The molecule has 0 aliphatic heterocycles. The van der Waals surface area contributed by atoms with Crippen molar-refractivity contribution in [1.82, 2.24) is 5.32 Å². The molecule has 1 rings (SSSR count). The first kappa shape index (κ1) is 14.2. The van der Waals surface area contributed by atoms with Crippen molar-refractivity contribution < 1.29 is 14.3 Å². The lowest BCUT2D eigenvalue weighted by atomic mass is 10.2. The van der Waals surface area contributed by atoms with E-state index >= 15 is 0 Å². The molecule has 5 nitrogen and oxygen atoms in total. The van der Waals surface area contributed by atoms with Crippen LogP contribution in [0, 0.1) is 0 Å². The van der Waals surface area contributed by atoms with Gasteiger partial charge in [-0.15, -0.1) is 0 Å². The van der Waals surface area contributed by atoms with E-state index in [0.717, 1.165) is 5.69 Å². The van der Waals surface area contributed by atoms with Crippen molar-refractivity contribution in [3.05, 3.63) is 30.3 Å². The fourth-order valence-electron chi connectivity index (χ4n) is 1.41. The molecule has 0 saturated carbocycles. The first-order valence-corrected chi connectivity index (χ1v) is 5.72. The van der Waals surface area contributed by atoms with Gasteiger partial charge in [-0.1, -0.05) is 18.2 Å². The predicted octanol–water partition coefficient (Wildman–Crippen LogP) is 0.802. The van der Waals surface area contributed by atoms with Crippen molar-refractivity contribution in [2.24, 2.45) is 0 Å². The molecule has 1 N–H and O–H groups in total. The third-order valence-corrected chi connectivity index (χ3v) is 2.46. The van der Waals surface area contributed by atoms with Crippen LogP contribution in [0.4, 0.5) is 5.69 Å². The van der Waals surface area contributed by atoms with Gasteiger partial charge in [0, 0.05) is 26.4 Å². The summed E-state index contributed by atoms with van der Waals surface area (Å²) in [6, 6.07) is 9.20. The monoisotopic (exact) mass is 250 g/mol. The smallest absolute Gasteiger partial charge is 0.236 e. The second-order valence-electron chi connectivity index (χ2n) is 3.81. The van der Waals surface area contributed by atoms with Crippen molar-refractivity contribution in [1.29, 1.82) is 0 Å². The average molecular weight is 250 g/mol. The highest BCUT2D eigenvalue weighted by Crippen LogP contribution is 2.11. The molecule has 98 valence electrons. The van der Waals surface area contributed by atoms with E-state index in [9.17, 15) is 9.59 Å². The Kier molecular flexibility index (Phi) is 5.87. The number of benzene rings is 1. The highest BCUT2D eigenvalue weighted by atomic mass is 16.5. The second-order valence-corrected chi connectivity index (χ2v) is 3.81. The number of carbonyl (C=O) groups is 2. The largest absolute Gasteiger partial charge is 0.383 e. The second kappa shape index (κ2) is 7.45.